The largest absolute Gasteiger partial charge is 0.444 e. The van der Waals surface area contributed by atoms with Gasteiger partial charge in [0.15, 0.2) is 0 Å². The molecule has 7 heteroatoms. The molecule has 1 aliphatic rings. The van der Waals surface area contributed by atoms with Gasteiger partial charge in [0, 0.05) is 36.7 Å². The lowest BCUT2D eigenvalue weighted by Crippen LogP contribution is -2.44. The minimum atomic E-state index is -0.714. The van der Waals surface area contributed by atoms with Crippen LogP contribution in [0.5, 0.6) is 0 Å². The van der Waals surface area contributed by atoms with Gasteiger partial charge in [0.05, 0.1) is 18.7 Å². The van der Waals surface area contributed by atoms with Crippen molar-refractivity contribution in [1.29, 1.82) is 0 Å². The Morgan fingerprint density at radius 2 is 2.00 bits per heavy atom. The van der Waals surface area contributed by atoms with Crippen molar-refractivity contribution in [3.63, 3.8) is 0 Å². The number of amides is 1. The summed E-state index contributed by atoms with van der Waals surface area (Å²) in [6, 6.07) is 14.4. The smallest absolute Gasteiger partial charge is 0.410 e. The molecule has 0 spiro atoms. The molecular formula is C26H32FN3O3. The number of H-pyrrole nitrogens is 1. The van der Waals surface area contributed by atoms with E-state index in [4.69, 9.17) is 4.74 Å². The van der Waals surface area contributed by atoms with Gasteiger partial charge in [0.1, 0.15) is 11.4 Å². The molecule has 3 aromatic rings. The first kappa shape index (κ1) is 23.3. The van der Waals surface area contributed by atoms with Gasteiger partial charge in [-0.2, -0.15) is 0 Å². The third-order valence-corrected chi connectivity index (χ3v) is 6.00. The molecule has 0 saturated carbocycles. The van der Waals surface area contributed by atoms with Crippen LogP contribution in [0.15, 0.2) is 54.7 Å². The van der Waals surface area contributed by atoms with E-state index in [-0.39, 0.29) is 18.4 Å². The van der Waals surface area contributed by atoms with Crippen molar-refractivity contribution in [1.82, 2.24) is 14.8 Å². The lowest BCUT2D eigenvalue weighted by molar-refractivity contribution is 0.0269. The number of carbonyl (C=O) groups is 1. The molecule has 4 rings (SSSR count). The number of halogens is 1. The second-order valence-electron chi connectivity index (χ2n) is 9.73. The first-order valence-corrected chi connectivity index (χ1v) is 11.4. The first-order valence-electron chi connectivity index (χ1n) is 11.4. The lowest BCUT2D eigenvalue weighted by atomic mass is 10.1. The number of para-hydroxylation sites is 1. The molecule has 33 heavy (non-hydrogen) atoms. The van der Waals surface area contributed by atoms with E-state index in [1.54, 1.807) is 11.0 Å². The van der Waals surface area contributed by atoms with Gasteiger partial charge < -0.3 is 19.7 Å². The van der Waals surface area contributed by atoms with Crippen molar-refractivity contribution < 1.29 is 19.0 Å². The number of nitrogens with one attached hydrogen (secondary N) is 1. The molecular weight excluding hydrogens is 421 g/mol. The van der Waals surface area contributed by atoms with Crippen LogP contribution in [0.25, 0.3) is 10.9 Å². The minimum absolute atomic E-state index is 0.215. The van der Waals surface area contributed by atoms with Gasteiger partial charge in [-0.3, -0.25) is 4.90 Å². The summed E-state index contributed by atoms with van der Waals surface area (Å²) in [5.74, 6) is -0.286. The highest BCUT2D eigenvalue weighted by molar-refractivity contribution is 5.83. The summed E-state index contributed by atoms with van der Waals surface area (Å²) >= 11 is 0. The van der Waals surface area contributed by atoms with Crippen LogP contribution in [0.2, 0.25) is 0 Å². The number of likely N-dealkylation sites (tertiary alicyclic amines) is 1. The standard InChI is InChI=1S/C26H32FN3O3/c1-26(2,3)33-25(32)30-16-23(24(31)17-30)29(15-18-7-6-8-20(27)13-18)12-11-19-14-28-22-10-5-4-9-21(19)22/h4-10,13-14,23-24,28,31H,11-12,15-17H2,1-3H3/t23-,24-/m1/s1. The number of aromatic amines is 1. The molecule has 0 aliphatic carbocycles. The molecule has 0 unspecified atom stereocenters. The number of rotatable bonds is 6. The summed E-state index contributed by atoms with van der Waals surface area (Å²) in [4.78, 5) is 19.6. The van der Waals surface area contributed by atoms with Gasteiger partial charge in [-0.25, -0.2) is 9.18 Å². The third-order valence-electron chi connectivity index (χ3n) is 6.00. The predicted molar refractivity (Wildman–Crippen MR) is 126 cm³/mol. The number of β-amino-alcohol motifs (C(OH)–C–C–N with tert-alkyl or cyclic N) is 1. The molecule has 0 radical (unpaired) electrons. The van der Waals surface area contributed by atoms with Crippen LogP contribution in [0.4, 0.5) is 9.18 Å². The maximum absolute atomic E-state index is 13.8. The molecule has 1 amide bonds. The Morgan fingerprint density at radius 3 is 2.76 bits per heavy atom. The van der Waals surface area contributed by atoms with Crippen molar-refractivity contribution in [3.05, 3.63) is 71.7 Å². The fourth-order valence-electron chi connectivity index (χ4n) is 4.44. The highest BCUT2D eigenvalue weighted by Crippen LogP contribution is 2.24. The number of carbonyl (C=O) groups excluding carboxylic acids is 1. The summed E-state index contributed by atoms with van der Waals surface area (Å²) in [5, 5.41) is 12.0. The summed E-state index contributed by atoms with van der Waals surface area (Å²) in [7, 11) is 0. The molecule has 1 saturated heterocycles. The highest BCUT2D eigenvalue weighted by atomic mass is 19.1. The van der Waals surface area contributed by atoms with E-state index in [1.807, 2.05) is 51.2 Å². The molecule has 2 heterocycles. The predicted octanol–water partition coefficient (Wildman–Crippen LogP) is 4.33. The van der Waals surface area contributed by atoms with E-state index in [9.17, 15) is 14.3 Å². The van der Waals surface area contributed by atoms with E-state index in [0.717, 1.165) is 17.5 Å². The Hall–Kier alpha value is -2.90. The number of hydrogen-bond acceptors (Lipinski definition) is 4. The average Bonchev–Trinajstić information content (AvgIpc) is 3.34. The monoisotopic (exact) mass is 453 g/mol. The zero-order valence-corrected chi connectivity index (χ0v) is 19.4. The Labute approximate surface area is 194 Å². The van der Waals surface area contributed by atoms with Crippen LogP contribution in [0.1, 0.15) is 31.9 Å². The third kappa shape index (κ3) is 5.72. The van der Waals surface area contributed by atoms with Crippen LogP contribution in [0.3, 0.4) is 0 Å². The van der Waals surface area contributed by atoms with Crippen molar-refractivity contribution in [2.24, 2.45) is 0 Å². The van der Waals surface area contributed by atoms with Gasteiger partial charge in [-0.15, -0.1) is 0 Å². The molecule has 2 atom stereocenters. The molecule has 176 valence electrons. The van der Waals surface area contributed by atoms with Crippen molar-refractivity contribution in [3.8, 4) is 0 Å². The van der Waals surface area contributed by atoms with E-state index < -0.39 is 17.8 Å². The Balaban J connectivity index is 1.52. The zero-order chi connectivity index (χ0) is 23.6. The van der Waals surface area contributed by atoms with Crippen LogP contribution < -0.4 is 0 Å². The molecule has 1 aromatic heterocycles. The van der Waals surface area contributed by atoms with Crippen molar-refractivity contribution in [2.45, 2.75) is 51.5 Å². The van der Waals surface area contributed by atoms with E-state index >= 15 is 0 Å². The summed E-state index contributed by atoms with van der Waals surface area (Å²) in [6.45, 7) is 7.18. The van der Waals surface area contributed by atoms with Crippen LogP contribution >= 0.6 is 0 Å². The summed E-state index contributed by atoms with van der Waals surface area (Å²) < 4.78 is 19.3. The molecule has 2 N–H and O–H groups in total. The lowest BCUT2D eigenvalue weighted by Gasteiger charge is -2.31. The molecule has 1 aliphatic heterocycles. The number of fused-ring (bicyclic) bond motifs is 1. The maximum Gasteiger partial charge on any atom is 0.410 e. The molecule has 1 fully saturated rings. The molecule has 2 aromatic carbocycles. The van der Waals surface area contributed by atoms with Gasteiger partial charge in [-0.1, -0.05) is 30.3 Å². The highest BCUT2D eigenvalue weighted by Gasteiger charge is 2.39. The minimum Gasteiger partial charge on any atom is -0.444 e. The van der Waals surface area contributed by atoms with Crippen LogP contribution in [0, 0.1) is 5.82 Å². The quantitative estimate of drug-likeness (QED) is 0.583. The number of aliphatic hydroxyl groups is 1. The first-order chi connectivity index (χ1) is 15.7. The Morgan fingerprint density at radius 1 is 1.21 bits per heavy atom. The topological polar surface area (TPSA) is 68.8 Å². The van der Waals surface area contributed by atoms with Crippen LogP contribution in [-0.4, -0.2) is 63.4 Å². The second-order valence-corrected chi connectivity index (χ2v) is 9.73. The van der Waals surface area contributed by atoms with Gasteiger partial charge in [0.2, 0.25) is 0 Å². The summed E-state index contributed by atoms with van der Waals surface area (Å²) in [5.41, 5.74) is 2.50. The van der Waals surface area contributed by atoms with E-state index in [0.29, 0.717) is 19.6 Å². The Bertz CT molecular complexity index is 1110. The van der Waals surface area contributed by atoms with Crippen LogP contribution in [-0.2, 0) is 17.7 Å². The number of hydrogen-bond donors (Lipinski definition) is 2. The number of aromatic nitrogens is 1. The molecule has 0 bridgehead atoms. The van der Waals surface area contributed by atoms with Gasteiger partial charge in [-0.05, 0) is 56.5 Å². The fourth-order valence-corrected chi connectivity index (χ4v) is 4.44. The average molecular weight is 454 g/mol. The van der Waals surface area contributed by atoms with Crippen molar-refractivity contribution >= 4 is 17.0 Å². The van der Waals surface area contributed by atoms with Gasteiger partial charge in [0.25, 0.3) is 0 Å². The molecule has 6 nitrogen and oxygen atoms in total. The number of benzene rings is 2. The number of nitrogens with zero attached hydrogens (tertiary/aromatic N) is 2. The van der Waals surface area contributed by atoms with E-state index in [2.05, 4.69) is 16.0 Å². The SMILES string of the molecule is CC(C)(C)OC(=O)N1C[C@@H](O)[C@H](N(CCc2c[nH]c3ccccc23)Cc2cccc(F)c2)C1. The van der Waals surface area contributed by atoms with Crippen molar-refractivity contribution in [2.75, 3.05) is 19.6 Å². The van der Waals surface area contributed by atoms with E-state index in [1.165, 1.54) is 23.1 Å². The fraction of sp³-hybridized carbons (Fsp3) is 0.423. The number of ether oxygens (including phenoxy) is 1. The second kappa shape index (κ2) is 9.53. The zero-order valence-electron chi connectivity index (χ0n) is 19.4. The normalized spacial score (nSPS) is 18.9. The van der Waals surface area contributed by atoms with Gasteiger partial charge >= 0.3 is 6.09 Å². The Kier molecular flexibility index (Phi) is 6.72. The number of aliphatic hydroxyl groups excluding tert-OH is 1. The maximum atomic E-state index is 13.8. The summed E-state index contributed by atoms with van der Waals surface area (Å²) in [6.07, 6.45) is 1.64.